The Morgan fingerprint density at radius 1 is 1.11 bits per heavy atom. The van der Waals surface area contributed by atoms with Crippen molar-refractivity contribution in [3.63, 3.8) is 0 Å². The molecule has 19 heavy (non-hydrogen) atoms. The molecule has 2 N–H and O–H groups in total. The van der Waals surface area contributed by atoms with Crippen LogP contribution < -0.4 is 0 Å². The Hall–Kier alpha value is -2.22. The predicted octanol–water partition coefficient (Wildman–Crippen LogP) is 3.65. The highest BCUT2D eigenvalue weighted by molar-refractivity contribution is 5.59. The summed E-state index contributed by atoms with van der Waals surface area (Å²) >= 11 is 0. The summed E-state index contributed by atoms with van der Waals surface area (Å²) < 4.78 is 0. The number of benzene rings is 2. The third kappa shape index (κ3) is 1.89. The van der Waals surface area contributed by atoms with E-state index >= 15 is 0 Å². The van der Waals surface area contributed by atoms with Gasteiger partial charge in [-0.15, -0.1) is 0 Å². The molecule has 2 aromatic carbocycles. The van der Waals surface area contributed by atoms with Crippen LogP contribution in [0, 0.1) is 6.92 Å². The van der Waals surface area contributed by atoms with Crippen LogP contribution in [-0.4, -0.2) is 10.2 Å². The van der Waals surface area contributed by atoms with E-state index in [4.69, 9.17) is 0 Å². The van der Waals surface area contributed by atoms with Crippen molar-refractivity contribution in [3.05, 3.63) is 70.8 Å². The first-order valence-electron chi connectivity index (χ1n) is 6.44. The number of aryl methyl sites for hydroxylation is 1. The van der Waals surface area contributed by atoms with E-state index in [0.29, 0.717) is 12.2 Å². The first kappa shape index (κ1) is 11.8. The molecule has 2 nitrogen and oxygen atoms in total. The molecular formula is C17H16O2. The van der Waals surface area contributed by atoms with Crippen molar-refractivity contribution >= 4 is 0 Å². The molecule has 0 amide bonds. The molecule has 0 saturated carbocycles. The van der Waals surface area contributed by atoms with Gasteiger partial charge in [0.25, 0.3) is 0 Å². The third-order valence-corrected chi connectivity index (χ3v) is 3.73. The Labute approximate surface area is 112 Å². The Kier molecular flexibility index (Phi) is 2.79. The van der Waals surface area contributed by atoms with E-state index in [-0.39, 0.29) is 11.7 Å². The van der Waals surface area contributed by atoms with Crippen LogP contribution in [0.1, 0.15) is 28.2 Å². The number of rotatable bonds is 1. The van der Waals surface area contributed by atoms with Crippen molar-refractivity contribution in [2.24, 2.45) is 0 Å². The first-order valence-corrected chi connectivity index (χ1v) is 6.44. The van der Waals surface area contributed by atoms with Gasteiger partial charge in [0.1, 0.15) is 11.5 Å². The molecule has 1 aliphatic carbocycles. The van der Waals surface area contributed by atoms with Gasteiger partial charge in [-0.2, -0.15) is 0 Å². The minimum atomic E-state index is 0.0106. The van der Waals surface area contributed by atoms with E-state index in [1.165, 1.54) is 0 Å². The van der Waals surface area contributed by atoms with Gasteiger partial charge in [0.05, 0.1) is 0 Å². The van der Waals surface area contributed by atoms with Gasteiger partial charge in [0.2, 0.25) is 0 Å². The van der Waals surface area contributed by atoms with Gasteiger partial charge in [0, 0.05) is 17.0 Å². The summed E-state index contributed by atoms with van der Waals surface area (Å²) in [5.74, 6) is 0.582. The molecule has 2 aromatic rings. The molecular weight excluding hydrogens is 236 g/mol. The zero-order valence-corrected chi connectivity index (χ0v) is 10.8. The van der Waals surface area contributed by atoms with Crippen LogP contribution in [0.5, 0.6) is 11.5 Å². The van der Waals surface area contributed by atoms with Crippen molar-refractivity contribution in [1.82, 2.24) is 0 Å². The van der Waals surface area contributed by atoms with Crippen molar-refractivity contribution in [2.45, 2.75) is 19.3 Å². The Morgan fingerprint density at radius 2 is 1.84 bits per heavy atom. The lowest BCUT2D eigenvalue weighted by molar-refractivity contribution is 0.444. The third-order valence-electron chi connectivity index (χ3n) is 3.73. The molecule has 3 rings (SSSR count). The van der Waals surface area contributed by atoms with Gasteiger partial charge in [-0.1, -0.05) is 42.5 Å². The van der Waals surface area contributed by atoms with E-state index < -0.39 is 0 Å². The number of fused-ring (bicyclic) bond motifs is 1. The summed E-state index contributed by atoms with van der Waals surface area (Å²) in [6.45, 7) is 1.81. The summed E-state index contributed by atoms with van der Waals surface area (Å²) in [6.07, 6.45) is 4.81. The van der Waals surface area contributed by atoms with Crippen molar-refractivity contribution in [1.29, 1.82) is 0 Å². The van der Waals surface area contributed by atoms with Gasteiger partial charge in [0.15, 0.2) is 0 Å². The molecule has 0 aromatic heterocycles. The molecule has 1 aliphatic rings. The average molecular weight is 252 g/mol. The first-order chi connectivity index (χ1) is 9.18. The second kappa shape index (κ2) is 4.47. The minimum absolute atomic E-state index is 0.0106. The van der Waals surface area contributed by atoms with Crippen LogP contribution >= 0.6 is 0 Å². The largest absolute Gasteiger partial charge is 0.508 e. The second-order valence-electron chi connectivity index (χ2n) is 4.97. The molecule has 0 bridgehead atoms. The van der Waals surface area contributed by atoms with Crippen LogP contribution in [0.25, 0.3) is 0 Å². The number of phenolic OH excluding ortho intramolecular Hbond substituents is 2. The van der Waals surface area contributed by atoms with Crippen molar-refractivity contribution < 1.29 is 10.2 Å². The number of hydrogen-bond acceptors (Lipinski definition) is 2. The fourth-order valence-electron chi connectivity index (χ4n) is 2.78. The van der Waals surface area contributed by atoms with Crippen LogP contribution in [0.15, 0.2) is 48.6 Å². The van der Waals surface area contributed by atoms with E-state index in [2.05, 4.69) is 12.2 Å². The van der Waals surface area contributed by atoms with Gasteiger partial charge in [-0.05, 0) is 30.5 Å². The summed E-state index contributed by atoms with van der Waals surface area (Å²) in [5, 5.41) is 20.4. The fraction of sp³-hybridized carbons (Fsp3) is 0.176. The second-order valence-corrected chi connectivity index (χ2v) is 4.97. The van der Waals surface area contributed by atoms with Gasteiger partial charge >= 0.3 is 0 Å². The smallest absolute Gasteiger partial charge is 0.122 e. The Balaban J connectivity index is 2.21. The minimum Gasteiger partial charge on any atom is -0.508 e. The van der Waals surface area contributed by atoms with E-state index in [0.717, 1.165) is 22.3 Å². The lowest BCUT2D eigenvalue weighted by Crippen LogP contribution is -2.07. The zero-order chi connectivity index (χ0) is 13.4. The molecule has 96 valence electrons. The van der Waals surface area contributed by atoms with Gasteiger partial charge in [-0.3, -0.25) is 0 Å². The number of aromatic hydroxyl groups is 2. The summed E-state index contributed by atoms with van der Waals surface area (Å²) in [6, 6.07) is 11.7. The average Bonchev–Trinajstić information content (AvgIpc) is 2.45. The van der Waals surface area contributed by atoms with Gasteiger partial charge < -0.3 is 10.2 Å². The predicted molar refractivity (Wildman–Crippen MR) is 75.6 cm³/mol. The van der Waals surface area contributed by atoms with E-state index in [1.807, 2.05) is 37.3 Å². The summed E-state index contributed by atoms with van der Waals surface area (Å²) in [4.78, 5) is 0. The molecule has 0 fully saturated rings. The SMILES string of the molecule is Cc1cc(O)c2c(c1O)CC=CC2c1ccccc1. The zero-order valence-electron chi connectivity index (χ0n) is 10.8. The Bertz CT molecular complexity index is 642. The Morgan fingerprint density at radius 3 is 2.58 bits per heavy atom. The van der Waals surface area contributed by atoms with Crippen LogP contribution in [0.2, 0.25) is 0 Å². The van der Waals surface area contributed by atoms with Crippen molar-refractivity contribution in [3.8, 4) is 11.5 Å². The normalized spacial score (nSPS) is 17.2. The van der Waals surface area contributed by atoms with E-state index in [9.17, 15) is 10.2 Å². The maximum Gasteiger partial charge on any atom is 0.122 e. The quantitative estimate of drug-likeness (QED) is 0.600. The molecule has 2 heteroatoms. The topological polar surface area (TPSA) is 40.5 Å². The van der Waals surface area contributed by atoms with Crippen LogP contribution in [0.3, 0.4) is 0 Å². The number of phenols is 2. The maximum atomic E-state index is 10.2. The molecule has 0 saturated heterocycles. The monoisotopic (exact) mass is 252 g/mol. The van der Waals surface area contributed by atoms with E-state index in [1.54, 1.807) is 6.07 Å². The molecule has 0 radical (unpaired) electrons. The maximum absolute atomic E-state index is 10.2. The number of allylic oxidation sites excluding steroid dienone is 2. The summed E-state index contributed by atoms with van der Waals surface area (Å²) in [5.41, 5.74) is 3.52. The summed E-state index contributed by atoms with van der Waals surface area (Å²) in [7, 11) is 0. The molecule has 0 spiro atoms. The lowest BCUT2D eigenvalue weighted by Gasteiger charge is -2.24. The fourth-order valence-corrected chi connectivity index (χ4v) is 2.78. The highest BCUT2D eigenvalue weighted by atomic mass is 16.3. The van der Waals surface area contributed by atoms with Crippen molar-refractivity contribution in [2.75, 3.05) is 0 Å². The van der Waals surface area contributed by atoms with Gasteiger partial charge in [-0.25, -0.2) is 0 Å². The number of hydrogen-bond donors (Lipinski definition) is 2. The molecule has 1 unspecified atom stereocenters. The highest BCUT2D eigenvalue weighted by Gasteiger charge is 2.24. The lowest BCUT2D eigenvalue weighted by atomic mass is 9.81. The van der Waals surface area contributed by atoms with Crippen LogP contribution in [-0.2, 0) is 6.42 Å². The molecule has 0 aliphatic heterocycles. The highest BCUT2D eigenvalue weighted by Crippen LogP contribution is 2.43. The molecule has 1 atom stereocenters. The molecule has 0 heterocycles. The standard InChI is InChI=1S/C17H16O2/c1-11-10-15(18)16-13(12-6-3-2-4-7-12)8-5-9-14(16)17(11)19/h2-8,10,13,18-19H,9H2,1H3. The van der Waals surface area contributed by atoms with Crippen LogP contribution in [0.4, 0.5) is 0 Å².